The van der Waals surface area contributed by atoms with Gasteiger partial charge in [-0.2, -0.15) is 4.72 Å². The average Bonchev–Trinajstić information content (AvgIpc) is 2.88. The largest absolute Gasteiger partial charge is 0.312 e. The molecule has 4 rings (SSSR count). The Hall–Kier alpha value is -3.58. The van der Waals surface area contributed by atoms with Crippen molar-refractivity contribution in [3.05, 3.63) is 130 Å². The van der Waals surface area contributed by atoms with E-state index in [1.807, 2.05) is 6.92 Å². The number of benzene rings is 4. The summed E-state index contributed by atoms with van der Waals surface area (Å²) in [5, 5.41) is 12.4. The highest BCUT2D eigenvalue weighted by Crippen LogP contribution is 2.56. The fourth-order valence-electron chi connectivity index (χ4n) is 3.84. The monoisotopic (exact) mass is 506 g/mol. The Bertz CT molecular complexity index is 1450. The first-order chi connectivity index (χ1) is 16.7. The smallest absolute Gasteiger partial charge is 0.269 e. The normalized spacial score (nSPS) is 12.7. The minimum absolute atomic E-state index is 0.00574. The molecule has 0 aliphatic rings. The van der Waals surface area contributed by atoms with Gasteiger partial charge in [-0.15, -0.1) is 0 Å². The third-order valence-corrected chi connectivity index (χ3v) is 10.5. The van der Waals surface area contributed by atoms with E-state index in [1.165, 1.54) is 30.3 Å². The second kappa shape index (κ2) is 9.96. The molecule has 1 N–H and O–H groups in total. The molecule has 0 unspecified atom stereocenters. The van der Waals surface area contributed by atoms with Gasteiger partial charge in [0.05, 0.1) is 9.82 Å². The van der Waals surface area contributed by atoms with Crippen molar-refractivity contribution >= 4 is 33.5 Å². The molecule has 0 saturated heterocycles. The maximum absolute atomic E-state index is 15.1. The molecule has 35 heavy (non-hydrogen) atoms. The Balaban J connectivity index is 1.97. The summed E-state index contributed by atoms with van der Waals surface area (Å²) in [7, 11) is -7.89. The molecule has 0 aromatic heterocycles. The second-order valence-corrected chi connectivity index (χ2v) is 12.6. The second-order valence-electron chi connectivity index (χ2n) is 8.02. The van der Waals surface area contributed by atoms with Gasteiger partial charge in [0.1, 0.15) is 5.78 Å². The Kier molecular flexibility index (Phi) is 6.98. The fourth-order valence-corrected chi connectivity index (χ4v) is 8.61. The average molecular weight is 507 g/mol. The zero-order valence-corrected chi connectivity index (χ0v) is 20.5. The molecular weight excluding hydrogens is 483 g/mol. The molecule has 0 heterocycles. The molecule has 0 fully saturated rings. The van der Waals surface area contributed by atoms with Crippen molar-refractivity contribution in [2.24, 2.45) is 0 Å². The number of hydrogen-bond acceptors (Lipinski definition) is 5. The van der Waals surface area contributed by atoms with E-state index in [2.05, 4.69) is 4.72 Å². The van der Waals surface area contributed by atoms with Crippen LogP contribution in [0.3, 0.4) is 0 Å². The number of non-ortho nitro benzene ring substituents is 1. The number of aryl methyl sites for hydroxylation is 1. The molecule has 0 aliphatic carbocycles. The van der Waals surface area contributed by atoms with Gasteiger partial charge in [0.2, 0.25) is 10.0 Å². The molecule has 0 spiro atoms. The summed E-state index contributed by atoms with van der Waals surface area (Å²) in [6.07, 6.45) is 0. The molecule has 0 bridgehead atoms. The van der Waals surface area contributed by atoms with E-state index in [4.69, 9.17) is 0 Å². The van der Waals surface area contributed by atoms with E-state index in [9.17, 15) is 18.5 Å². The first-order valence-corrected chi connectivity index (χ1v) is 14.0. The van der Waals surface area contributed by atoms with Gasteiger partial charge in [0.15, 0.2) is 7.14 Å². The van der Waals surface area contributed by atoms with E-state index in [1.54, 1.807) is 78.9 Å². The molecule has 0 aliphatic heterocycles. The number of nitro benzene ring substituents is 1. The fraction of sp³-hybridized carbons (Fsp3) is 0.0769. The third-order valence-electron chi connectivity index (χ3n) is 5.64. The predicted octanol–water partition coefficient (Wildman–Crippen LogP) is 4.89. The van der Waals surface area contributed by atoms with Gasteiger partial charge in [0, 0.05) is 22.7 Å². The van der Waals surface area contributed by atoms with Crippen molar-refractivity contribution in [1.29, 1.82) is 0 Å². The molecule has 9 heteroatoms. The maximum Gasteiger partial charge on any atom is 0.269 e. The first-order valence-electron chi connectivity index (χ1n) is 10.8. The zero-order valence-electron chi connectivity index (χ0n) is 18.8. The van der Waals surface area contributed by atoms with Gasteiger partial charge in [-0.05, 0) is 24.6 Å². The van der Waals surface area contributed by atoms with Crippen molar-refractivity contribution in [2.75, 3.05) is 0 Å². The van der Waals surface area contributed by atoms with Crippen molar-refractivity contribution in [3.63, 3.8) is 0 Å². The molecule has 7 nitrogen and oxygen atoms in total. The molecule has 4 aromatic rings. The minimum atomic E-state index is -4.15. The van der Waals surface area contributed by atoms with Crippen LogP contribution in [0, 0.1) is 17.0 Å². The topological polar surface area (TPSA) is 106 Å². The van der Waals surface area contributed by atoms with Crippen molar-refractivity contribution in [1.82, 2.24) is 4.72 Å². The Morgan fingerprint density at radius 2 is 1.34 bits per heavy atom. The third kappa shape index (κ3) is 5.10. The Morgan fingerprint density at radius 1 is 0.800 bits per heavy atom. The van der Waals surface area contributed by atoms with Crippen LogP contribution in [0.25, 0.3) is 0 Å². The van der Waals surface area contributed by atoms with E-state index >= 15 is 4.57 Å². The molecule has 4 aromatic carbocycles. The Labute approximate surface area is 204 Å². The Morgan fingerprint density at radius 3 is 1.86 bits per heavy atom. The summed E-state index contributed by atoms with van der Waals surface area (Å²) < 4.78 is 44.7. The van der Waals surface area contributed by atoms with Gasteiger partial charge in [-0.1, -0.05) is 90.5 Å². The van der Waals surface area contributed by atoms with Crippen LogP contribution in [0.2, 0.25) is 0 Å². The van der Waals surface area contributed by atoms with Gasteiger partial charge < -0.3 is 4.57 Å². The molecular formula is C26H23N2O5PS. The van der Waals surface area contributed by atoms with Crippen molar-refractivity contribution < 1.29 is 17.9 Å². The molecule has 0 radical (unpaired) electrons. The first kappa shape index (κ1) is 24.5. The van der Waals surface area contributed by atoms with Crippen LogP contribution in [0.15, 0.2) is 114 Å². The van der Waals surface area contributed by atoms with E-state index in [0.29, 0.717) is 10.6 Å². The molecule has 0 amide bonds. The van der Waals surface area contributed by atoms with Crippen LogP contribution < -0.4 is 15.3 Å². The number of nitrogens with zero attached hydrogens (tertiary/aromatic N) is 1. The molecule has 1 atom stereocenters. The number of nitrogens with one attached hydrogen (secondary N) is 1. The number of hydrogen-bond donors (Lipinski definition) is 1. The quantitative estimate of drug-likeness (QED) is 0.208. The summed E-state index contributed by atoms with van der Waals surface area (Å²) in [5.41, 5.74) is 0.888. The highest BCUT2D eigenvalue weighted by atomic mass is 32.2. The highest BCUT2D eigenvalue weighted by molar-refractivity contribution is 7.90. The summed E-state index contributed by atoms with van der Waals surface area (Å²) in [4.78, 5) is 10.9. The summed E-state index contributed by atoms with van der Waals surface area (Å²) in [5.74, 6) is -1.29. The van der Waals surface area contributed by atoms with Gasteiger partial charge in [-0.25, -0.2) is 8.42 Å². The number of sulfonamides is 1. The standard InChI is InChI=1S/C26H23N2O5PS/c1-20-15-17-25(18-16-20)35(32,33)27-26(21-9-8-10-22(19-21)28(29)30)34(31,23-11-4-2-5-12-23)24-13-6-3-7-14-24/h2-19,26-27H,1H3/t26-/m0/s1. The van der Waals surface area contributed by atoms with Crippen LogP contribution in [-0.2, 0) is 14.6 Å². The lowest BCUT2D eigenvalue weighted by molar-refractivity contribution is -0.384. The lowest BCUT2D eigenvalue weighted by atomic mass is 10.2. The van der Waals surface area contributed by atoms with Gasteiger partial charge >= 0.3 is 0 Å². The van der Waals surface area contributed by atoms with Crippen LogP contribution in [0.4, 0.5) is 5.69 Å². The highest BCUT2D eigenvalue weighted by Gasteiger charge is 2.41. The molecule has 0 saturated carbocycles. The summed E-state index contributed by atoms with van der Waals surface area (Å²) >= 11 is 0. The SMILES string of the molecule is Cc1ccc(S(=O)(=O)N[C@H](c2cccc([N+](=O)[O-])c2)P(=O)(c2ccccc2)c2ccccc2)cc1. The summed E-state index contributed by atoms with van der Waals surface area (Å²) in [6, 6.07) is 29.0. The lowest BCUT2D eigenvalue weighted by Crippen LogP contribution is -2.34. The van der Waals surface area contributed by atoms with Crippen LogP contribution >= 0.6 is 7.14 Å². The predicted molar refractivity (Wildman–Crippen MR) is 137 cm³/mol. The summed E-state index contributed by atoms with van der Waals surface area (Å²) in [6.45, 7) is 1.84. The van der Waals surface area contributed by atoms with Crippen LogP contribution in [-0.4, -0.2) is 13.3 Å². The van der Waals surface area contributed by atoms with E-state index in [-0.39, 0.29) is 16.1 Å². The minimum Gasteiger partial charge on any atom is -0.312 e. The number of nitro groups is 1. The van der Waals surface area contributed by atoms with Crippen molar-refractivity contribution in [3.8, 4) is 0 Å². The van der Waals surface area contributed by atoms with Crippen molar-refractivity contribution in [2.45, 2.75) is 17.6 Å². The van der Waals surface area contributed by atoms with Gasteiger partial charge in [-0.3, -0.25) is 10.1 Å². The number of rotatable bonds is 8. The lowest BCUT2D eigenvalue weighted by Gasteiger charge is -2.29. The van der Waals surface area contributed by atoms with Crippen LogP contribution in [0.1, 0.15) is 16.9 Å². The maximum atomic E-state index is 15.1. The molecule has 178 valence electrons. The zero-order chi connectivity index (χ0) is 25.1. The van der Waals surface area contributed by atoms with Gasteiger partial charge in [0.25, 0.3) is 5.69 Å². The van der Waals surface area contributed by atoms with E-state index in [0.717, 1.165) is 5.56 Å². The van der Waals surface area contributed by atoms with E-state index < -0.39 is 27.9 Å². The van der Waals surface area contributed by atoms with Crippen LogP contribution in [0.5, 0.6) is 0 Å².